The second kappa shape index (κ2) is 7.86. The van der Waals surface area contributed by atoms with Gasteiger partial charge in [-0.2, -0.15) is 0 Å². The summed E-state index contributed by atoms with van der Waals surface area (Å²) in [4.78, 5) is 11.8. The zero-order valence-corrected chi connectivity index (χ0v) is 11.8. The molecule has 0 aliphatic heterocycles. The average molecular weight is 288 g/mol. The molecule has 0 atom stereocenters. The lowest BCUT2D eigenvalue weighted by molar-refractivity contribution is 0.0506. The van der Waals surface area contributed by atoms with E-state index < -0.39 is 5.97 Å². The van der Waals surface area contributed by atoms with Crippen molar-refractivity contribution in [2.45, 2.75) is 13.3 Å². The molecule has 1 aromatic carbocycles. The normalized spacial score (nSPS) is 10.3. The first kappa shape index (κ1) is 15.6. The van der Waals surface area contributed by atoms with Crippen molar-refractivity contribution in [3.8, 4) is 5.75 Å². The van der Waals surface area contributed by atoms with Gasteiger partial charge in [0, 0.05) is 7.11 Å². The Hall–Kier alpha value is -1.46. The van der Waals surface area contributed by atoms with Crippen LogP contribution in [0.1, 0.15) is 23.7 Å². The predicted molar refractivity (Wildman–Crippen MR) is 73.8 cm³/mol. The number of esters is 1. The van der Waals surface area contributed by atoms with Crippen molar-refractivity contribution in [1.82, 2.24) is 0 Å². The van der Waals surface area contributed by atoms with Gasteiger partial charge in [0.15, 0.2) is 5.75 Å². The summed E-state index contributed by atoms with van der Waals surface area (Å²) in [5.74, 6) is -0.197. The van der Waals surface area contributed by atoms with Gasteiger partial charge in [-0.15, -0.1) is 0 Å². The van der Waals surface area contributed by atoms with E-state index in [2.05, 4.69) is 0 Å². The standard InChI is InChI=1S/C13H18ClNO4/c1-3-6-19-13(16)9-4-5-10(14)12(11(9)15)18-8-7-17-2/h4-5H,3,6-8,15H2,1-2H3. The molecule has 0 saturated heterocycles. The Morgan fingerprint density at radius 2 is 2.05 bits per heavy atom. The maximum atomic E-state index is 11.8. The Kier molecular flexibility index (Phi) is 6.45. The molecule has 0 aromatic heterocycles. The van der Waals surface area contributed by atoms with Gasteiger partial charge in [-0.1, -0.05) is 18.5 Å². The molecule has 0 bridgehead atoms. The molecule has 1 rings (SSSR count). The number of methoxy groups -OCH3 is 1. The van der Waals surface area contributed by atoms with E-state index >= 15 is 0 Å². The molecule has 0 radical (unpaired) electrons. The fraction of sp³-hybridized carbons (Fsp3) is 0.462. The van der Waals surface area contributed by atoms with Gasteiger partial charge in [0.1, 0.15) is 6.61 Å². The van der Waals surface area contributed by atoms with Crippen molar-refractivity contribution < 1.29 is 19.0 Å². The van der Waals surface area contributed by atoms with Crippen LogP contribution in [0.3, 0.4) is 0 Å². The number of hydrogen-bond donors (Lipinski definition) is 1. The smallest absolute Gasteiger partial charge is 0.340 e. The lowest BCUT2D eigenvalue weighted by atomic mass is 10.1. The highest BCUT2D eigenvalue weighted by atomic mass is 35.5. The third kappa shape index (κ3) is 4.29. The topological polar surface area (TPSA) is 70.8 Å². The summed E-state index contributed by atoms with van der Waals surface area (Å²) < 4.78 is 15.3. The maximum absolute atomic E-state index is 11.8. The Morgan fingerprint density at radius 1 is 1.32 bits per heavy atom. The van der Waals surface area contributed by atoms with Crippen LogP contribution < -0.4 is 10.5 Å². The van der Waals surface area contributed by atoms with Crippen LogP contribution in [0.5, 0.6) is 5.75 Å². The molecule has 0 aliphatic carbocycles. The number of ether oxygens (including phenoxy) is 3. The minimum Gasteiger partial charge on any atom is -0.487 e. The Bertz CT molecular complexity index is 437. The highest BCUT2D eigenvalue weighted by Gasteiger charge is 2.17. The zero-order valence-electron chi connectivity index (χ0n) is 11.1. The van der Waals surface area contributed by atoms with E-state index in [1.54, 1.807) is 13.2 Å². The molecule has 0 saturated carbocycles. The summed E-state index contributed by atoms with van der Waals surface area (Å²) >= 11 is 5.99. The van der Waals surface area contributed by atoms with E-state index in [1.165, 1.54) is 6.07 Å². The van der Waals surface area contributed by atoms with E-state index in [4.69, 9.17) is 31.5 Å². The highest BCUT2D eigenvalue weighted by molar-refractivity contribution is 6.32. The summed E-state index contributed by atoms with van der Waals surface area (Å²) in [6.45, 7) is 2.96. The van der Waals surface area contributed by atoms with Crippen LogP contribution in [-0.4, -0.2) is 32.9 Å². The molecule has 0 heterocycles. The van der Waals surface area contributed by atoms with Crippen molar-refractivity contribution in [2.24, 2.45) is 0 Å². The molecular formula is C13H18ClNO4. The minimum atomic E-state index is -0.479. The second-order valence-electron chi connectivity index (χ2n) is 3.81. The van der Waals surface area contributed by atoms with Gasteiger partial charge >= 0.3 is 5.97 Å². The van der Waals surface area contributed by atoms with Gasteiger partial charge in [-0.3, -0.25) is 0 Å². The summed E-state index contributed by atoms with van der Waals surface area (Å²) in [6.07, 6.45) is 0.746. The average Bonchev–Trinajstić information content (AvgIpc) is 2.40. The summed E-state index contributed by atoms with van der Waals surface area (Å²) in [7, 11) is 1.56. The molecule has 0 aliphatic rings. The van der Waals surface area contributed by atoms with E-state index in [1.807, 2.05) is 6.92 Å². The number of halogens is 1. The number of nitrogens with two attached hydrogens (primary N) is 1. The fourth-order valence-electron chi connectivity index (χ4n) is 1.40. The van der Waals surface area contributed by atoms with E-state index in [-0.39, 0.29) is 17.0 Å². The lowest BCUT2D eigenvalue weighted by Crippen LogP contribution is -2.12. The Balaban J connectivity index is 2.89. The van der Waals surface area contributed by atoms with Crippen molar-refractivity contribution in [3.05, 3.63) is 22.7 Å². The number of hydrogen-bond acceptors (Lipinski definition) is 5. The van der Waals surface area contributed by atoms with Crippen LogP contribution in [0.15, 0.2) is 12.1 Å². The van der Waals surface area contributed by atoms with Crippen LogP contribution in [0.4, 0.5) is 5.69 Å². The number of nitrogen functional groups attached to an aromatic ring is 1. The molecule has 1 aromatic rings. The number of carbonyl (C=O) groups excluding carboxylic acids is 1. The van der Waals surface area contributed by atoms with E-state index in [0.29, 0.717) is 24.8 Å². The largest absolute Gasteiger partial charge is 0.487 e. The molecule has 5 nitrogen and oxygen atoms in total. The van der Waals surface area contributed by atoms with Gasteiger partial charge in [0.05, 0.1) is 29.5 Å². The third-order valence-electron chi connectivity index (χ3n) is 2.34. The second-order valence-corrected chi connectivity index (χ2v) is 4.22. The van der Waals surface area contributed by atoms with Crippen LogP contribution in [0, 0.1) is 0 Å². The van der Waals surface area contributed by atoms with Gasteiger partial charge in [-0.05, 0) is 18.6 Å². The van der Waals surface area contributed by atoms with Crippen molar-refractivity contribution in [3.63, 3.8) is 0 Å². The number of anilines is 1. The van der Waals surface area contributed by atoms with Crippen LogP contribution in [-0.2, 0) is 9.47 Å². The zero-order chi connectivity index (χ0) is 14.3. The first-order valence-corrected chi connectivity index (χ1v) is 6.36. The van der Waals surface area contributed by atoms with Crippen LogP contribution in [0.2, 0.25) is 5.02 Å². The highest BCUT2D eigenvalue weighted by Crippen LogP contribution is 2.34. The summed E-state index contributed by atoms with van der Waals surface area (Å²) in [5.41, 5.74) is 6.33. The van der Waals surface area contributed by atoms with Gasteiger partial charge in [-0.25, -0.2) is 4.79 Å². The van der Waals surface area contributed by atoms with E-state index in [9.17, 15) is 4.79 Å². The summed E-state index contributed by atoms with van der Waals surface area (Å²) in [6, 6.07) is 3.08. The summed E-state index contributed by atoms with van der Waals surface area (Å²) in [5, 5.41) is 0.348. The first-order chi connectivity index (χ1) is 9.11. The molecule has 2 N–H and O–H groups in total. The molecule has 106 valence electrons. The molecule has 0 spiro atoms. The van der Waals surface area contributed by atoms with Crippen molar-refractivity contribution in [2.75, 3.05) is 32.7 Å². The monoisotopic (exact) mass is 287 g/mol. The number of benzene rings is 1. The molecule has 6 heteroatoms. The van der Waals surface area contributed by atoms with Gasteiger partial charge in [0.2, 0.25) is 0 Å². The van der Waals surface area contributed by atoms with Gasteiger partial charge in [0.25, 0.3) is 0 Å². The maximum Gasteiger partial charge on any atom is 0.340 e. The van der Waals surface area contributed by atoms with E-state index in [0.717, 1.165) is 6.42 Å². The Labute approximate surface area is 117 Å². The number of carbonyl (C=O) groups is 1. The third-order valence-corrected chi connectivity index (χ3v) is 2.64. The lowest BCUT2D eigenvalue weighted by Gasteiger charge is -2.13. The molecule has 0 fully saturated rings. The first-order valence-electron chi connectivity index (χ1n) is 5.98. The fourth-order valence-corrected chi connectivity index (χ4v) is 1.62. The molecular weight excluding hydrogens is 270 g/mol. The predicted octanol–water partition coefficient (Wildman–Crippen LogP) is 2.51. The Morgan fingerprint density at radius 3 is 2.68 bits per heavy atom. The van der Waals surface area contributed by atoms with Crippen LogP contribution in [0.25, 0.3) is 0 Å². The van der Waals surface area contributed by atoms with Crippen molar-refractivity contribution in [1.29, 1.82) is 0 Å². The molecule has 0 unspecified atom stereocenters. The minimum absolute atomic E-state index is 0.185. The van der Waals surface area contributed by atoms with Gasteiger partial charge < -0.3 is 19.9 Å². The molecule has 19 heavy (non-hydrogen) atoms. The molecule has 0 amide bonds. The SMILES string of the molecule is CCCOC(=O)c1ccc(Cl)c(OCCOC)c1N. The van der Waals surface area contributed by atoms with Crippen LogP contribution >= 0.6 is 11.6 Å². The quantitative estimate of drug-likeness (QED) is 0.474. The number of rotatable bonds is 7. The van der Waals surface area contributed by atoms with Crippen molar-refractivity contribution >= 4 is 23.3 Å².